The molecule has 1 saturated heterocycles. The van der Waals surface area contributed by atoms with Gasteiger partial charge in [0.05, 0.1) is 11.5 Å². The SMILES string of the molecule is FC(F)(F)c1ccc(Cc2noc(C3CCCNC3)n2)cc1. The number of piperidine rings is 1. The van der Waals surface area contributed by atoms with Gasteiger partial charge < -0.3 is 9.84 Å². The third-order valence-electron chi connectivity index (χ3n) is 3.77. The molecule has 0 amide bonds. The molecule has 118 valence electrons. The Morgan fingerprint density at radius 3 is 2.64 bits per heavy atom. The second kappa shape index (κ2) is 6.08. The molecule has 22 heavy (non-hydrogen) atoms. The summed E-state index contributed by atoms with van der Waals surface area (Å²) in [6.45, 7) is 1.82. The van der Waals surface area contributed by atoms with Gasteiger partial charge in [0.25, 0.3) is 0 Å². The number of nitrogens with one attached hydrogen (secondary N) is 1. The van der Waals surface area contributed by atoms with Crippen LogP contribution >= 0.6 is 0 Å². The Kier molecular flexibility index (Phi) is 4.15. The van der Waals surface area contributed by atoms with Crippen molar-refractivity contribution in [2.45, 2.75) is 31.4 Å². The van der Waals surface area contributed by atoms with Crippen LogP contribution in [0.2, 0.25) is 0 Å². The van der Waals surface area contributed by atoms with Gasteiger partial charge in [-0.2, -0.15) is 18.2 Å². The Labute approximate surface area is 125 Å². The van der Waals surface area contributed by atoms with Crippen LogP contribution in [0.15, 0.2) is 28.8 Å². The molecular formula is C15H16F3N3O. The summed E-state index contributed by atoms with van der Waals surface area (Å²) in [6.07, 6.45) is -1.87. The number of aromatic nitrogens is 2. The van der Waals surface area contributed by atoms with Crippen molar-refractivity contribution in [3.8, 4) is 0 Å². The van der Waals surface area contributed by atoms with Gasteiger partial charge in [-0.3, -0.25) is 0 Å². The molecule has 0 spiro atoms. The van der Waals surface area contributed by atoms with Crippen molar-refractivity contribution >= 4 is 0 Å². The molecular weight excluding hydrogens is 295 g/mol. The molecule has 1 aromatic carbocycles. The van der Waals surface area contributed by atoms with Crippen LogP contribution in [0.3, 0.4) is 0 Å². The van der Waals surface area contributed by atoms with E-state index in [-0.39, 0.29) is 5.92 Å². The van der Waals surface area contributed by atoms with E-state index in [4.69, 9.17) is 4.52 Å². The normalized spacial score (nSPS) is 19.3. The lowest BCUT2D eigenvalue weighted by Crippen LogP contribution is -2.28. The van der Waals surface area contributed by atoms with Crippen LogP contribution in [0.5, 0.6) is 0 Å². The molecule has 1 aromatic heterocycles. The molecule has 1 aliphatic rings. The second-order valence-corrected chi connectivity index (χ2v) is 5.46. The predicted octanol–water partition coefficient (Wildman–Crippen LogP) is 3.15. The number of halogens is 3. The lowest BCUT2D eigenvalue weighted by atomic mass is 10.00. The van der Waals surface area contributed by atoms with Crippen LogP contribution in [-0.4, -0.2) is 23.2 Å². The highest BCUT2D eigenvalue weighted by atomic mass is 19.4. The first-order valence-corrected chi connectivity index (χ1v) is 7.22. The van der Waals surface area contributed by atoms with E-state index < -0.39 is 11.7 Å². The minimum Gasteiger partial charge on any atom is -0.339 e. The number of alkyl halides is 3. The first-order valence-electron chi connectivity index (χ1n) is 7.22. The molecule has 1 atom stereocenters. The number of hydrogen-bond donors (Lipinski definition) is 1. The summed E-state index contributed by atoms with van der Waals surface area (Å²) >= 11 is 0. The molecule has 4 nitrogen and oxygen atoms in total. The minimum absolute atomic E-state index is 0.225. The summed E-state index contributed by atoms with van der Waals surface area (Å²) in [5.41, 5.74) is 0.0699. The summed E-state index contributed by atoms with van der Waals surface area (Å²) in [7, 11) is 0. The van der Waals surface area contributed by atoms with Crippen LogP contribution in [0.25, 0.3) is 0 Å². The van der Waals surface area contributed by atoms with Crippen molar-refractivity contribution in [1.29, 1.82) is 0 Å². The fraction of sp³-hybridized carbons (Fsp3) is 0.467. The van der Waals surface area contributed by atoms with Crippen LogP contribution in [0.4, 0.5) is 13.2 Å². The number of nitrogens with zero attached hydrogens (tertiary/aromatic N) is 2. The van der Waals surface area contributed by atoms with Crippen molar-refractivity contribution < 1.29 is 17.7 Å². The van der Waals surface area contributed by atoms with Crippen molar-refractivity contribution in [2.24, 2.45) is 0 Å². The highest BCUT2D eigenvalue weighted by Gasteiger charge is 2.30. The monoisotopic (exact) mass is 311 g/mol. The third-order valence-corrected chi connectivity index (χ3v) is 3.77. The molecule has 0 aliphatic carbocycles. The number of rotatable bonds is 3. The molecule has 7 heteroatoms. The van der Waals surface area contributed by atoms with Crippen LogP contribution in [-0.2, 0) is 12.6 Å². The van der Waals surface area contributed by atoms with Gasteiger partial charge in [0.1, 0.15) is 0 Å². The molecule has 1 N–H and O–H groups in total. The summed E-state index contributed by atoms with van der Waals surface area (Å²) in [5, 5.41) is 7.20. The summed E-state index contributed by atoms with van der Waals surface area (Å²) in [4.78, 5) is 4.36. The maximum Gasteiger partial charge on any atom is 0.416 e. The Morgan fingerprint density at radius 1 is 1.23 bits per heavy atom. The zero-order valence-corrected chi connectivity index (χ0v) is 11.9. The number of benzene rings is 1. The Hall–Kier alpha value is -1.89. The van der Waals surface area contributed by atoms with Crippen molar-refractivity contribution in [3.05, 3.63) is 47.1 Å². The maximum absolute atomic E-state index is 12.5. The fourth-order valence-electron chi connectivity index (χ4n) is 2.56. The highest BCUT2D eigenvalue weighted by Crippen LogP contribution is 2.29. The third kappa shape index (κ3) is 3.47. The molecule has 1 aliphatic heterocycles. The van der Waals surface area contributed by atoms with E-state index in [1.54, 1.807) is 0 Å². The van der Waals surface area contributed by atoms with Gasteiger partial charge in [0.15, 0.2) is 5.82 Å². The van der Waals surface area contributed by atoms with Gasteiger partial charge in [-0.25, -0.2) is 0 Å². The molecule has 0 saturated carbocycles. The van der Waals surface area contributed by atoms with Crippen LogP contribution in [0, 0.1) is 0 Å². The first kappa shape index (κ1) is 15.0. The fourth-order valence-corrected chi connectivity index (χ4v) is 2.56. The van der Waals surface area contributed by atoms with Crippen molar-refractivity contribution in [3.63, 3.8) is 0 Å². The summed E-state index contributed by atoms with van der Waals surface area (Å²) in [5.74, 6) is 1.33. The second-order valence-electron chi connectivity index (χ2n) is 5.46. The average molecular weight is 311 g/mol. The van der Waals surface area contributed by atoms with E-state index in [0.29, 0.717) is 18.1 Å². The van der Waals surface area contributed by atoms with E-state index in [9.17, 15) is 13.2 Å². The Balaban J connectivity index is 1.67. The van der Waals surface area contributed by atoms with Crippen molar-refractivity contribution in [2.75, 3.05) is 13.1 Å². The zero-order valence-electron chi connectivity index (χ0n) is 11.9. The molecule has 2 aromatic rings. The van der Waals surface area contributed by atoms with Gasteiger partial charge in [-0.1, -0.05) is 17.3 Å². The Bertz CT molecular complexity index is 616. The molecule has 0 radical (unpaired) electrons. The molecule has 2 heterocycles. The quantitative estimate of drug-likeness (QED) is 0.946. The zero-order chi connectivity index (χ0) is 15.6. The summed E-state index contributed by atoms with van der Waals surface area (Å²) < 4.78 is 42.8. The molecule has 3 rings (SSSR count). The molecule has 1 fully saturated rings. The van der Waals surface area contributed by atoms with Crippen LogP contribution in [0.1, 0.15) is 41.6 Å². The minimum atomic E-state index is -4.31. The Morgan fingerprint density at radius 2 is 2.00 bits per heavy atom. The largest absolute Gasteiger partial charge is 0.416 e. The number of hydrogen-bond acceptors (Lipinski definition) is 4. The van der Waals surface area contributed by atoms with Gasteiger partial charge in [0.2, 0.25) is 5.89 Å². The topological polar surface area (TPSA) is 51.0 Å². The summed E-state index contributed by atoms with van der Waals surface area (Å²) in [6, 6.07) is 5.03. The maximum atomic E-state index is 12.5. The first-order chi connectivity index (χ1) is 10.5. The lowest BCUT2D eigenvalue weighted by Gasteiger charge is -2.18. The standard InChI is InChI=1S/C15H16F3N3O/c16-15(17,18)12-5-3-10(4-6-12)8-13-20-14(22-21-13)11-2-1-7-19-9-11/h3-6,11,19H,1-2,7-9H2. The average Bonchev–Trinajstić information content (AvgIpc) is 2.96. The highest BCUT2D eigenvalue weighted by molar-refractivity contribution is 5.26. The van der Waals surface area contributed by atoms with E-state index in [1.165, 1.54) is 12.1 Å². The predicted molar refractivity (Wildman–Crippen MR) is 73.4 cm³/mol. The van der Waals surface area contributed by atoms with Gasteiger partial charge in [-0.05, 0) is 37.1 Å². The van der Waals surface area contributed by atoms with Crippen molar-refractivity contribution in [1.82, 2.24) is 15.5 Å². The van der Waals surface area contributed by atoms with Gasteiger partial charge in [0, 0.05) is 13.0 Å². The van der Waals surface area contributed by atoms with E-state index in [0.717, 1.165) is 43.6 Å². The van der Waals surface area contributed by atoms with E-state index in [1.807, 2.05) is 0 Å². The molecule has 1 unspecified atom stereocenters. The molecule has 0 bridgehead atoms. The lowest BCUT2D eigenvalue weighted by molar-refractivity contribution is -0.137. The smallest absolute Gasteiger partial charge is 0.339 e. The van der Waals surface area contributed by atoms with Crippen LogP contribution < -0.4 is 5.32 Å². The van der Waals surface area contributed by atoms with Gasteiger partial charge >= 0.3 is 6.18 Å². The van der Waals surface area contributed by atoms with E-state index >= 15 is 0 Å². The van der Waals surface area contributed by atoms with E-state index in [2.05, 4.69) is 15.5 Å². The van der Waals surface area contributed by atoms with Gasteiger partial charge in [-0.15, -0.1) is 0 Å².